The lowest BCUT2D eigenvalue weighted by Gasteiger charge is -2.06. The Morgan fingerprint density at radius 1 is 1.21 bits per heavy atom. The molecule has 0 saturated carbocycles. The number of carbonyl (C=O) groups excluding carboxylic acids is 1. The van der Waals surface area contributed by atoms with Crippen molar-refractivity contribution in [3.63, 3.8) is 0 Å². The zero-order chi connectivity index (χ0) is 13.8. The smallest absolute Gasteiger partial charge is 0.338 e. The van der Waals surface area contributed by atoms with Crippen LogP contribution in [0.5, 0.6) is 0 Å². The lowest BCUT2D eigenvalue weighted by molar-refractivity contribution is 0.0473. The van der Waals surface area contributed by atoms with Gasteiger partial charge in [-0.25, -0.2) is 9.18 Å². The van der Waals surface area contributed by atoms with Crippen LogP contribution in [0.25, 0.3) is 0 Å². The number of ether oxygens (including phenoxy) is 1. The Kier molecular flexibility index (Phi) is 4.02. The molecule has 0 aliphatic rings. The minimum Gasteiger partial charge on any atom is -0.457 e. The topological polar surface area (TPSA) is 52.3 Å². The summed E-state index contributed by atoms with van der Waals surface area (Å²) in [6.45, 7) is 0.0610. The van der Waals surface area contributed by atoms with Crippen molar-refractivity contribution in [1.29, 1.82) is 0 Å². The summed E-state index contributed by atoms with van der Waals surface area (Å²) in [5.41, 5.74) is 6.96. The van der Waals surface area contributed by atoms with Crippen LogP contribution in [-0.4, -0.2) is 5.97 Å². The summed E-state index contributed by atoms with van der Waals surface area (Å²) < 4.78 is 17.8. The molecule has 3 nitrogen and oxygen atoms in total. The number of halogens is 2. The van der Waals surface area contributed by atoms with E-state index in [0.29, 0.717) is 16.3 Å². The van der Waals surface area contributed by atoms with Gasteiger partial charge in [0.25, 0.3) is 0 Å². The molecule has 2 rings (SSSR count). The van der Waals surface area contributed by atoms with E-state index in [0.717, 1.165) is 0 Å². The van der Waals surface area contributed by atoms with E-state index in [-0.39, 0.29) is 18.0 Å². The summed E-state index contributed by atoms with van der Waals surface area (Å²) in [4.78, 5) is 11.8. The number of esters is 1. The molecule has 0 heterocycles. The van der Waals surface area contributed by atoms with Gasteiger partial charge in [0, 0.05) is 10.7 Å². The highest BCUT2D eigenvalue weighted by Crippen LogP contribution is 2.17. The molecule has 2 aromatic carbocycles. The highest BCUT2D eigenvalue weighted by Gasteiger charge is 2.09. The van der Waals surface area contributed by atoms with Crippen molar-refractivity contribution in [3.05, 3.63) is 64.4 Å². The van der Waals surface area contributed by atoms with Crippen molar-refractivity contribution in [2.45, 2.75) is 6.61 Å². The van der Waals surface area contributed by atoms with Crippen LogP contribution in [-0.2, 0) is 11.3 Å². The third kappa shape index (κ3) is 3.69. The van der Waals surface area contributed by atoms with Gasteiger partial charge in [-0.1, -0.05) is 23.7 Å². The first-order valence-corrected chi connectivity index (χ1v) is 5.90. The predicted molar refractivity (Wildman–Crippen MR) is 71.4 cm³/mol. The van der Waals surface area contributed by atoms with Crippen molar-refractivity contribution < 1.29 is 13.9 Å². The number of nitrogen functional groups attached to an aromatic ring is 1. The summed E-state index contributed by atoms with van der Waals surface area (Å²) >= 11 is 5.80. The average Bonchev–Trinajstić information content (AvgIpc) is 2.36. The van der Waals surface area contributed by atoms with Crippen LogP contribution in [0.15, 0.2) is 42.5 Å². The molecule has 0 amide bonds. The van der Waals surface area contributed by atoms with Gasteiger partial charge < -0.3 is 10.5 Å². The zero-order valence-corrected chi connectivity index (χ0v) is 10.7. The Balaban J connectivity index is 2.03. The predicted octanol–water partition coefficient (Wildman–Crippen LogP) is 3.42. The van der Waals surface area contributed by atoms with Crippen LogP contribution >= 0.6 is 11.6 Å². The van der Waals surface area contributed by atoms with Crippen LogP contribution in [0.3, 0.4) is 0 Å². The lowest BCUT2D eigenvalue weighted by Crippen LogP contribution is -2.06. The molecule has 0 atom stereocenters. The highest BCUT2D eigenvalue weighted by atomic mass is 35.5. The molecule has 19 heavy (non-hydrogen) atoms. The third-order valence-electron chi connectivity index (χ3n) is 2.44. The molecule has 0 saturated heterocycles. The van der Waals surface area contributed by atoms with E-state index in [2.05, 4.69) is 0 Å². The molecule has 2 N–H and O–H groups in total. The van der Waals surface area contributed by atoms with E-state index >= 15 is 0 Å². The first-order valence-electron chi connectivity index (χ1n) is 5.52. The molecular formula is C14H11ClFNO2. The van der Waals surface area contributed by atoms with Crippen LogP contribution in [0, 0.1) is 5.82 Å². The maximum Gasteiger partial charge on any atom is 0.338 e. The van der Waals surface area contributed by atoms with Crippen molar-refractivity contribution in [1.82, 2.24) is 0 Å². The first-order chi connectivity index (χ1) is 9.04. The molecule has 0 radical (unpaired) electrons. The second-order valence-electron chi connectivity index (χ2n) is 3.98. The Hall–Kier alpha value is -2.07. The van der Waals surface area contributed by atoms with Gasteiger partial charge >= 0.3 is 5.97 Å². The van der Waals surface area contributed by atoms with Crippen LogP contribution in [0.1, 0.15) is 15.9 Å². The average molecular weight is 280 g/mol. The molecule has 0 spiro atoms. The van der Waals surface area contributed by atoms with Crippen molar-refractivity contribution >= 4 is 23.3 Å². The molecule has 0 bridgehead atoms. The fraction of sp³-hybridized carbons (Fsp3) is 0.0714. The molecule has 5 heteroatoms. The van der Waals surface area contributed by atoms with Crippen molar-refractivity contribution in [3.8, 4) is 0 Å². The van der Waals surface area contributed by atoms with Crippen LogP contribution in [0.2, 0.25) is 5.02 Å². The van der Waals surface area contributed by atoms with E-state index in [4.69, 9.17) is 22.1 Å². The minimum absolute atomic E-state index is 0.0610. The zero-order valence-electron chi connectivity index (χ0n) is 9.90. The number of rotatable bonds is 3. The maximum atomic E-state index is 12.7. The minimum atomic E-state index is -0.529. The Morgan fingerprint density at radius 2 is 1.89 bits per heavy atom. The highest BCUT2D eigenvalue weighted by molar-refractivity contribution is 6.31. The molecule has 0 fully saturated rings. The second kappa shape index (κ2) is 5.71. The van der Waals surface area contributed by atoms with Crippen LogP contribution in [0.4, 0.5) is 10.1 Å². The van der Waals surface area contributed by atoms with E-state index < -0.39 is 5.97 Å². The summed E-state index contributed by atoms with van der Waals surface area (Å²) in [5, 5.41) is 0.369. The molecule has 0 aliphatic carbocycles. The molecule has 0 aliphatic heterocycles. The van der Waals surface area contributed by atoms with Gasteiger partial charge in [0.1, 0.15) is 12.4 Å². The molecular weight excluding hydrogens is 269 g/mol. The van der Waals surface area contributed by atoms with Gasteiger partial charge in [0.2, 0.25) is 0 Å². The summed E-state index contributed by atoms with van der Waals surface area (Å²) in [6, 6.07) is 10.2. The standard InChI is InChI=1S/C14H11ClFNO2/c15-11-5-10(6-13(17)7-11)14(18)19-8-9-1-3-12(16)4-2-9/h1-7H,8,17H2. The van der Waals surface area contributed by atoms with Gasteiger partial charge in [-0.05, 0) is 35.9 Å². The summed E-state index contributed by atoms with van der Waals surface area (Å²) in [5.74, 6) is -0.865. The fourth-order valence-electron chi connectivity index (χ4n) is 1.54. The largest absolute Gasteiger partial charge is 0.457 e. The number of anilines is 1. The molecule has 0 aromatic heterocycles. The fourth-order valence-corrected chi connectivity index (χ4v) is 1.79. The SMILES string of the molecule is Nc1cc(Cl)cc(C(=O)OCc2ccc(F)cc2)c1. The Labute approximate surface area is 114 Å². The Morgan fingerprint density at radius 3 is 2.53 bits per heavy atom. The van der Waals surface area contributed by atoms with E-state index in [1.54, 1.807) is 12.1 Å². The molecule has 98 valence electrons. The Bertz CT molecular complexity index is 579. The number of hydrogen-bond donors (Lipinski definition) is 1. The van der Waals surface area contributed by atoms with E-state index in [1.165, 1.54) is 30.3 Å². The number of carbonyl (C=O) groups is 1. The van der Waals surface area contributed by atoms with E-state index in [1.807, 2.05) is 0 Å². The summed E-state index contributed by atoms with van der Waals surface area (Å²) in [7, 11) is 0. The van der Waals surface area contributed by atoms with Gasteiger partial charge in [-0.15, -0.1) is 0 Å². The second-order valence-corrected chi connectivity index (χ2v) is 4.41. The van der Waals surface area contributed by atoms with Gasteiger partial charge in [0.15, 0.2) is 0 Å². The van der Waals surface area contributed by atoms with Gasteiger partial charge in [-0.3, -0.25) is 0 Å². The monoisotopic (exact) mass is 279 g/mol. The van der Waals surface area contributed by atoms with Crippen molar-refractivity contribution in [2.75, 3.05) is 5.73 Å². The number of nitrogens with two attached hydrogens (primary N) is 1. The quantitative estimate of drug-likeness (QED) is 0.692. The maximum absolute atomic E-state index is 12.7. The normalized spacial score (nSPS) is 10.2. The molecule has 0 unspecified atom stereocenters. The van der Waals surface area contributed by atoms with Gasteiger partial charge in [-0.2, -0.15) is 0 Å². The van der Waals surface area contributed by atoms with E-state index in [9.17, 15) is 9.18 Å². The summed E-state index contributed by atoms with van der Waals surface area (Å²) in [6.07, 6.45) is 0. The third-order valence-corrected chi connectivity index (χ3v) is 2.66. The number of benzene rings is 2. The lowest BCUT2D eigenvalue weighted by atomic mass is 10.2. The first kappa shape index (κ1) is 13.4. The van der Waals surface area contributed by atoms with Crippen LogP contribution < -0.4 is 5.73 Å². The molecule has 2 aromatic rings. The van der Waals surface area contributed by atoms with Crippen molar-refractivity contribution in [2.24, 2.45) is 0 Å². The number of hydrogen-bond acceptors (Lipinski definition) is 3. The van der Waals surface area contributed by atoms with Gasteiger partial charge in [0.05, 0.1) is 5.56 Å².